The van der Waals surface area contributed by atoms with Gasteiger partial charge in [-0.2, -0.15) is 0 Å². The van der Waals surface area contributed by atoms with Crippen molar-refractivity contribution in [2.75, 3.05) is 6.54 Å². The van der Waals surface area contributed by atoms with Gasteiger partial charge in [-0.1, -0.05) is 36.4 Å². The molecule has 4 amide bonds. The number of nitrogens with zero attached hydrogens (tertiary/aromatic N) is 2. The Balaban J connectivity index is 1.49. The van der Waals surface area contributed by atoms with Crippen LogP contribution in [0, 0.1) is 0 Å². The SMILES string of the molecule is O=C(C[C@@H]1NC(=O)N(CCc2ccccc2)C1=O)NCc1ccccn1. The molecule has 1 aromatic heterocycles. The number of carbonyl (C=O) groups is 3. The third kappa shape index (κ3) is 4.44. The number of urea groups is 1. The Morgan fingerprint density at radius 2 is 1.88 bits per heavy atom. The van der Waals surface area contributed by atoms with Crippen LogP contribution in [0.1, 0.15) is 17.7 Å². The van der Waals surface area contributed by atoms with Gasteiger partial charge in [0.05, 0.1) is 18.7 Å². The lowest BCUT2D eigenvalue weighted by atomic mass is 10.1. The van der Waals surface area contributed by atoms with E-state index in [2.05, 4.69) is 15.6 Å². The second kappa shape index (κ2) is 8.24. The number of benzene rings is 1. The van der Waals surface area contributed by atoms with E-state index in [0.717, 1.165) is 11.3 Å². The zero-order valence-electron chi connectivity index (χ0n) is 14.2. The second-order valence-electron chi connectivity index (χ2n) is 6.03. The Morgan fingerprint density at radius 3 is 2.62 bits per heavy atom. The molecule has 1 atom stereocenters. The van der Waals surface area contributed by atoms with Gasteiger partial charge in [-0.3, -0.25) is 19.5 Å². The molecule has 1 saturated heterocycles. The fourth-order valence-electron chi connectivity index (χ4n) is 2.76. The molecule has 1 aliphatic heterocycles. The van der Waals surface area contributed by atoms with E-state index in [1.807, 2.05) is 36.4 Å². The van der Waals surface area contributed by atoms with E-state index >= 15 is 0 Å². The van der Waals surface area contributed by atoms with Gasteiger partial charge < -0.3 is 10.6 Å². The minimum atomic E-state index is -0.818. The number of carbonyl (C=O) groups excluding carboxylic acids is 3. The fourth-order valence-corrected chi connectivity index (χ4v) is 2.76. The Labute approximate surface area is 151 Å². The molecule has 1 aliphatic rings. The van der Waals surface area contributed by atoms with E-state index in [0.29, 0.717) is 13.0 Å². The van der Waals surface area contributed by atoms with Crippen LogP contribution in [0.25, 0.3) is 0 Å². The molecule has 1 aromatic carbocycles. The fraction of sp³-hybridized carbons (Fsp3) is 0.263. The predicted molar refractivity (Wildman–Crippen MR) is 94.9 cm³/mol. The average molecular weight is 352 g/mol. The topological polar surface area (TPSA) is 91.4 Å². The van der Waals surface area contributed by atoms with E-state index in [9.17, 15) is 14.4 Å². The van der Waals surface area contributed by atoms with Crippen LogP contribution in [0.15, 0.2) is 54.7 Å². The Bertz CT molecular complexity index is 780. The molecule has 2 aromatic rings. The Kier molecular flexibility index (Phi) is 5.58. The van der Waals surface area contributed by atoms with Crippen molar-refractivity contribution in [1.82, 2.24) is 20.5 Å². The summed E-state index contributed by atoms with van der Waals surface area (Å²) in [5.74, 6) is -0.668. The minimum Gasteiger partial charge on any atom is -0.350 e. The van der Waals surface area contributed by atoms with Gasteiger partial charge in [-0.15, -0.1) is 0 Å². The maximum atomic E-state index is 12.4. The van der Waals surface area contributed by atoms with Crippen molar-refractivity contribution in [2.24, 2.45) is 0 Å². The zero-order chi connectivity index (χ0) is 18.4. The molecule has 2 heterocycles. The first-order valence-electron chi connectivity index (χ1n) is 8.46. The number of hydrogen-bond acceptors (Lipinski definition) is 4. The number of hydrogen-bond donors (Lipinski definition) is 2. The molecule has 26 heavy (non-hydrogen) atoms. The number of imide groups is 1. The highest BCUT2D eigenvalue weighted by Crippen LogP contribution is 2.11. The van der Waals surface area contributed by atoms with Crippen LogP contribution >= 0.6 is 0 Å². The van der Waals surface area contributed by atoms with E-state index in [1.165, 1.54) is 4.90 Å². The monoisotopic (exact) mass is 352 g/mol. The predicted octanol–water partition coefficient (Wildman–Crippen LogP) is 1.25. The molecular weight excluding hydrogens is 332 g/mol. The van der Waals surface area contributed by atoms with Gasteiger partial charge in [0.2, 0.25) is 5.91 Å². The van der Waals surface area contributed by atoms with Gasteiger partial charge in [0, 0.05) is 12.7 Å². The van der Waals surface area contributed by atoms with Crippen LogP contribution in [-0.4, -0.2) is 40.3 Å². The van der Waals surface area contributed by atoms with E-state index in [1.54, 1.807) is 18.3 Å². The van der Waals surface area contributed by atoms with Crippen molar-refractivity contribution in [3.8, 4) is 0 Å². The molecule has 0 bridgehead atoms. The van der Waals surface area contributed by atoms with E-state index in [4.69, 9.17) is 0 Å². The first-order chi connectivity index (χ1) is 12.6. The summed E-state index contributed by atoms with van der Waals surface area (Å²) in [6, 6.07) is 13.8. The van der Waals surface area contributed by atoms with Gasteiger partial charge in [0.15, 0.2) is 0 Å². The third-order valence-corrected chi connectivity index (χ3v) is 4.16. The van der Waals surface area contributed by atoms with Crippen molar-refractivity contribution >= 4 is 17.8 Å². The zero-order valence-corrected chi connectivity index (χ0v) is 14.2. The summed E-state index contributed by atoms with van der Waals surface area (Å²) in [6.07, 6.45) is 2.14. The van der Waals surface area contributed by atoms with Gasteiger partial charge in [0.25, 0.3) is 5.91 Å². The number of rotatable bonds is 7. The maximum Gasteiger partial charge on any atom is 0.324 e. The van der Waals surface area contributed by atoms with Crippen LogP contribution in [-0.2, 0) is 22.6 Å². The lowest BCUT2D eigenvalue weighted by Crippen LogP contribution is -2.36. The lowest BCUT2D eigenvalue weighted by Gasteiger charge is -2.13. The number of aromatic nitrogens is 1. The lowest BCUT2D eigenvalue weighted by molar-refractivity contribution is -0.130. The smallest absolute Gasteiger partial charge is 0.324 e. The van der Waals surface area contributed by atoms with Crippen LogP contribution in [0.2, 0.25) is 0 Å². The molecule has 0 radical (unpaired) electrons. The van der Waals surface area contributed by atoms with Crippen molar-refractivity contribution in [3.63, 3.8) is 0 Å². The van der Waals surface area contributed by atoms with Crippen LogP contribution < -0.4 is 10.6 Å². The van der Waals surface area contributed by atoms with Crippen molar-refractivity contribution in [2.45, 2.75) is 25.4 Å². The average Bonchev–Trinajstić information content (AvgIpc) is 2.93. The van der Waals surface area contributed by atoms with E-state index < -0.39 is 12.1 Å². The highest BCUT2D eigenvalue weighted by Gasteiger charge is 2.38. The van der Waals surface area contributed by atoms with Crippen molar-refractivity contribution in [1.29, 1.82) is 0 Å². The molecule has 0 unspecified atom stereocenters. The largest absolute Gasteiger partial charge is 0.350 e. The summed E-state index contributed by atoms with van der Waals surface area (Å²) < 4.78 is 0. The molecular formula is C19H20N4O3. The number of pyridine rings is 1. The molecule has 134 valence electrons. The van der Waals surface area contributed by atoms with Gasteiger partial charge in [-0.05, 0) is 24.1 Å². The first-order valence-corrected chi connectivity index (χ1v) is 8.46. The summed E-state index contributed by atoms with van der Waals surface area (Å²) in [5.41, 5.74) is 1.77. The summed E-state index contributed by atoms with van der Waals surface area (Å²) in [5, 5.41) is 5.29. The number of amides is 4. The summed E-state index contributed by atoms with van der Waals surface area (Å²) in [7, 11) is 0. The van der Waals surface area contributed by atoms with E-state index in [-0.39, 0.29) is 24.8 Å². The van der Waals surface area contributed by atoms with Gasteiger partial charge >= 0.3 is 6.03 Å². The van der Waals surface area contributed by atoms with Gasteiger partial charge in [-0.25, -0.2) is 4.79 Å². The molecule has 1 fully saturated rings. The van der Waals surface area contributed by atoms with Crippen LogP contribution in [0.3, 0.4) is 0 Å². The van der Waals surface area contributed by atoms with Crippen LogP contribution in [0.5, 0.6) is 0 Å². The van der Waals surface area contributed by atoms with Crippen molar-refractivity contribution < 1.29 is 14.4 Å². The standard InChI is InChI=1S/C19H20N4O3/c24-17(21-13-15-8-4-5-10-20-15)12-16-18(25)23(19(26)22-16)11-9-14-6-2-1-3-7-14/h1-8,10,16H,9,11-13H2,(H,21,24)(H,22,26)/t16-/m0/s1. The third-order valence-electron chi connectivity index (χ3n) is 4.16. The Hall–Kier alpha value is -3.22. The molecule has 7 heteroatoms. The summed E-state index contributed by atoms with van der Waals surface area (Å²) in [4.78, 5) is 41.8. The quantitative estimate of drug-likeness (QED) is 0.734. The molecule has 0 aliphatic carbocycles. The minimum absolute atomic E-state index is 0.0841. The summed E-state index contributed by atoms with van der Waals surface area (Å²) in [6.45, 7) is 0.576. The first kappa shape index (κ1) is 17.6. The molecule has 3 rings (SSSR count). The molecule has 7 nitrogen and oxygen atoms in total. The molecule has 0 spiro atoms. The van der Waals surface area contributed by atoms with Crippen LogP contribution in [0.4, 0.5) is 4.79 Å². The van der Waals surface area contributed by atoms with Gasteiger partial charge in [0.1, 0.15) is 6.04 Å². The van der Waals surface area contributed by atoms with Crippen molar-refractivity contribution in [3.05, 3.63) is 66.0 Å². The summed E-state index contributed by atoms with van der Waals surface area (Å²) >= 11 is 0. The highest BCUT2D eigenvalue weighted by atomic mass is 16.2. The highest BCUT2D eigenvalue weighted by molar-refractivity contribution is 6.05. The maximum absolute atomic E-state index is 12.4. The normalized spacial score (nSPS) is 16.5. The molecule has 2 N–H and O–H groups in total. The second-order valence-corrected chi connectivity index (χ2v) is 6.03. The Morgan fingerprint density at radius 1 is 1.12 bits per heavy atom. The number of nitrogens with one attached hydrogen (secondary N) is 2. The molecule has 0 saturated carbocycles.